The first-order chi connectivity index (χ1) is 9.55. The van der Waals surface area contributed by atoms with Crippen LogP contribution >= 0.6 is 0 Å². The average molecular weight is 297 g/mol. The standard InChI is InChI=1S/C12H19N5O2S/c1-3-13-10-9-17-7-5-15-12(17)11(16-10)14-6-8-20(18,19)4-2/h5,7,9,13H,3-4,6,8H2,1-2H3,(H,14,16). The molecule has 0 radical (unpaired) electrons. The maximum atomic E-state index is 11.5. The Balaban J connectivity index is 2.17. The van der Waals surface area contributed by atoms with Crippen LogP contribution in [0.5, 0.6) is 0 Å². The fraction of sp³-hybridized carbons (Fsp3) is 0.500. The molecule has 2 rings (SSSR count). The lowest BCUT2D eigenvalue weighted by atomic mass is 10.5. The SMILES string of the molecule is CCNc1cn2ccnc2c(NCCS(=O)(=O)CC)n1. The van der Waals surface area contributed by atoms with Gasteiger partial charge < -0.3 is 15.0 Å². The van der Waals surface area contributed by atoms with Gasteiger partial charge in [0, 0.05) is 31.2 Å². The van der Waals surface area contributed by atoms with Crippen molar-refractivity contribution in [2.75, 3.05) is 35.2 Å². The topological polar surface area (TPSA) is 88.4 Å². The fourth-order valence-corrected chi connectivity index (χ4v) is 2.49. The Labute approximate surface area is 118 Å². The molecule has 2 aromatic heterocycles. The Hall–Kier alpha value is -1.83. The van der Waals surface area contributed by atoms with Crippen LogP contribution in [0.2, 0.25) is 0 Å². The third-order valence-corrected chi connectivity index (χ3v) is 4.58. The molecule has 0 aliphatic carbocycles. The van der Waals surface area contributed by atoms with Crippen molar-refractivity contribution in [2.45, 2.75) is 13.8 Å². The molecular formula is C12H19N5O2S. The average Bonchev–Trinajstić information content (AvgIpc) is 2.87. The Bertz CT molecular complexity index is 680. The lowest BCUT2D eigenvalue weighted by Gasteiger charge is -2.10. The number of rotatable bonds is 7. The minimum atomic E-state index is -2.98. The fourth-order valence-electron chi connectivity index (χ4n) is 1.79. The summed E-state index contributed by atoms with van der Waals surface area (Å²) in [5, 5.41) is 6.18. The maximum absolute atomic E-state index is 11.5. The molecule has 110 valence electrons. The van der Waals surface area contributed by atoms with Crippen LogP contribution in [-0.4, -0.2) is 47.4 Å². The highest BCUT2D eigenvalue weighted by atomic mass is 32.2. The second-order valence-corrected chi connectivity index (χ2v) is 6.80. The lowest BCUT2D eigenvalue weighted by Crippen LogP contribution is -2.18. The summed E-state index contributed by atoms with van der Waals surface area (Å²) in [4.78, 5) is 8.62. The summed E-state index contributed by atoms with van der Waals surface area (Å²) in [5.74, 6) is 1.54. The smallest absolute Gasteiger partial charge is 0.180 e. The molecule has 7 nitrogen and oxygen atoms in total. The van der Waals surface area contributed by atoms with E-state index < -0.39 is 9.84 Å². The summed E-state index contributed by atoms with van der Waals surface area (Å²) in [6.45, 7) is 4.71. The number of nitrogens with one attached hydrogen (secondary N) is 2. The molecule has 0 aromatic carbocycles. The van der Waals surface area contributed by atoms with Gasteiger partial charge >= 0.3 is 0 Å². The molecule has 0 aliphatic heterocycles. The molecule has 8 heteroatoms. The lowest BCUT2D eigenvalue weighted by molar-refractivity contribution is 0.597. The number of hydrogen-bond donors (Lipinski definition) is 2. The minimum Gasteiger partial charge on any atom is -0.369 e. The normalized spacial score (nSPS) is 11.7. The molecule has 0 amide bonds. The Morgan fingerprint density at radius 1 is 1.30 bits per heavy atom. The number of hydrogen-bond acceptors (Lipinski definition) is 6. The second kappa shape index (κ2) is 6.08. The highest BCUT2D eigenvalue weighted by molar-refractivity contribution is 7.91. The van der Waals surface area contributed by atoms with E-state index in [1.807, 2.05) is 23.7 Å². The van der Waals surface area contributed by atoms with E-state index in [2.05, 4.69) is 20.6 Å². The van der Waals surface area contributed by atoms with E-state index in [-0.39, 0.29) is 11.5 Å². The van der Waals surface area contributed by atoms with Crippen LogP contribution in [0.3, 0.4) is 0 Å². The van der Waals surface area contributed by atoms with E-state index in [1.54, 1.807) is 13.1 Å². The molecule has 0 spiro atoms. The first-order valence-electron chi connectivity index (χ1n) is 6.57. The first kappa shape index (κ1) is 14.6. The van der Waals surface area contributed by atoms with E-state index >= 15 is 0 Å². The summed E-state index contributed by atoms with van der Waals surface area (Å²) in [7, 11) is -2.98. The number of anilines is 2. The van der Waals surface area contributed by atoms with Gasteiger partial charge in [-0.15, -0.1) is 0 Å². The number of nitrogens with zero attached hydrogens (tertiary/aromatic N) is 3. The third-order valence-electron chi connectivity index (χ3n) is 2.88. The number of fused-ring (bicyclic) bond motifs is 1. The minimum absolute atomic E-state index is 0.0868. The van der Waals surface area contributed by atoms with Crippen LogP contribution in [0.1, 0.15) is 13.8 Å². The maximum Gasteiger partial charge on any atom is 0.180 e. The summed E-state index contributed by atoms with van der Waals surface area (Å²) < 4.78 is 24.8. The van der Waals surface area contributed by atoms with Crippen LogP contribution in [-0.2, 0) is 9.84 Å². The molecule has 0 fully saturated rings. The predicted molar refractivity (Wildman–Crippen MR) is 80.0 cm³/mol. The first-order valence-corrected chi connectivity index (χ1v) is 8.39. The van der Waals surface area contributed by atoms with Gasteiger partial charge in [-0.2, -0.15) is 0 Å². The molecule has 2 N–H and O–H groups in total. The summed E-state index contributed by atoms with van der Waals surface area (Å²) >= 11 is 0. The summed E-state index contributed by atoms with van der Waals surface area (Å²) in [6, 6.07) is 0. The molecule has 2 aromatic rings. The van der Waals surface area contributed by atoms with Crippen LogP contribution in [0.25, 0.3) is 5.65 Å². The van der Waals surface area contributed by atoms with Gasteiger partial charge in [-0.3, -0.25) is 0 Å². The molecule has 0 saturated heterocycles. The van der Waals surface area contributed by atoms with Crippen molar-refractivity contribution in [3.05, 3.63) is 18.6 Å². The van der Waals surface area contributed by atoms with Gasteiger partial charge in [0.2, 0.25) is 0 Å². The summed E-state index contributed by atoms with van der Waals surface area (Å²) in [6.07, 6.45) is 5.35. The third kappa shape index (κ3) is 3.38. The van der Waals surface area contributed by atoms with Gasteiger partial charge in [-0.1, -0.05) is 6.92 Å². The molecule has 0 unspecified atom stereocenters. The van der Waals surface area contributed by atoms with Crippen LogP contribution in [0.15, 0.2) is 18.6 Å². The highest BCUT2D eigenvalue weighted by Crippen LogP contribution is 2.16. The van der Waals surface area contributed by atoms with Crippen molar-refractivity contribution < 1.29 is 8.42 Å². The largest absolute Gasteiger partial charge is 0.369 e. The highest BCUT2D eigenvalue weighted by Gasteiger charge is 2.10. The Morgan fingerprint density at radius 2 is 2.10 bits per heavy atom. The molecule has 0 bridgehead atoms. The number of aromatic nitrogens is 3. The van der Waals surface area contributed by atoms with Crippen molar-refractivity contribution >= 4 is 27.1 Å². The van der Waals surface area contributed by atoms with Crippen molar-refractivity contribution in [1.82, 2.24) is 14.4 Å². The molecule has 2 heterocycles. The van der Waals surface area contributed by atoms with E-state index in [9.17, 15) is 8.42 Å². The van der Waals surface area contributed by atoms with E-state index in [1.165, 1.54) is 0 Å². The second-order valence-electron chi connectivity index (χ2n) is 4.33. The van der Waals surface area contributed by atoms with Crippen molar-refractivity contribution in [3.8, 4) is 0 Å². The van der Waals surface area contributed by atoms with Gasteiger partial charge in [-0.05, 0) is 6.92 Å². The van der Waals surface area contributed by atoms with Gasteiger partial charge in [-0.25, -0.2) is 18.4 Å². The van der Waals surface area contributed by atoms with Gasteiger partial charge in [0.05, 0.1) is 11.9 Å². The molecule has 0 atom stereocenters. The van der Waals surface area contributed by atoms with Crippen LogP contribution < -0.4 is 10.6 Å². The van der Waals surface area contributed by atoms with Crippen molar-refractivity contribution in [3.63, 3.8) is 0 Å². The van der Waals surface area contributed by atoms with Crippen molar-refractivity contribution in [1.29, 1.82) is 0 Å². The zero-order valence-electron chi connectivity index (χ0n) is 11.6. The van der Waals surface area contributed by atoms with E-state index in [0.717, 1.165) is 12.4 Å². The van der Waals surface area contributed by atoms with Gasteiger partial charge in [0.1, 0.15) is 5.82 Å². The monoisotopic (exact) mass is 297 g/mol. The number of imidazole rings is 1. The molecule has 20 heavy (non-hydrogen) atoms. The Morgan fingerprint density at radius 3 is 2.80 bits per heavy atom. The van der Waals surface area contributed by atoms with Gasteiger partial charge in [0.15, 0.2) is 21.3 Å². The van der Waals surface area contributed by atoms with Crippen LogP contribution in [0.4, 0.5) is 11.6 Å². The van der Waals surface area contributed by atoms with E-state index in [0.29, 0.717) is 18.0 Å². The Kier molecular flexibility index (Phi) is 4.43. The van der Waals surface area contributed by atoms with Crippen LogP contribution in [0, 0.1) is 0 Å². The quantitative estimate of drug-likeness (QED) is 0.793. The molecular weight excluding hydrogens is 278 g/mol. The summed E-state index contributed by atoms with van der Waals surface area (Å²) in [5.41, 5.74) is 0.681. The van der Waals surface area contributed by atoms with Gasteiger partial charge in [0.25, 0.3) is 0 Å². The molecule has 0 saturated carbocycles. The predicted octanol–water partition coefficient (Wildman–Crippen LogP) is 1.01. The number of sulfone groups is 1. The molecule has 0 aliphatic rings. The van der Waals surface area contributed by atoms with Crippen molar-refractivity contribution in [2.24, 2.45) is 0 Å². The zero-order valence-corrected chi connectivity index (χ0v) is 12.4. The zero-order chi connectivity index (χ0) is 14.6. The van der Waals surface area contributed by atoms with E-state index in [4.69, 9.17) is 0 Å².